The summed E-state index contributed by atoms with van der Waals surface area (Å²) >= 11 is 0. The van der Waals surface area contributed by atoms with Crippen LogP contribution < -0.4 is 5.73 Å². The van der Waals surface area contributed by atoms with Crippen LogP contribution in [0.2, 0.25) is 0 Å². The van der Waals surface area contributed by atoms with Crippen LogP contribution >= 0.6 is 0 Å². The van der Waals surface area contributed by atoms with E-state index < -0.39 is 17.4 Å². The third-order valence-electron chi connectivity index (χ3n) is 5.14. The molecule has 5 heteroatoms. The number of esters is 2. The minimum Gasteiger partial charge on any atom is -0.466 e. The average Bonchev–Trinajstić information content (AvgIpc) is 2.60. The molecule has 0 bridgehead atoms. The van der Waals surface area contributed by atoms with Gasteiger partial charge in [0.05, 0.1) is 19.1 Å². The van der Waals surface area contributed by atoms with Gasteiger partial charge in [0.25, 0.3) is 0 Å². The van der Waals surface area contributed by atoms with Gasteiger partial charge in [0.15, 0.2) is 0 Å². The molecule has 0 aromatic heterocycles. The summed E-state index contributed by atoms with van der Waals surface area (Å²) < 4.78 is 10.5. The van der Waals surface area contributed by atoms with Crippen LogP contribution in [0.5, 0.6) is 0 Å². The second-order valence-corrected chi connectivity index (χ2v) is 7.20. The summed E-state index contributed by atoms with van der Waals surface area (Å²) in [5.41, 5.74) is 5.09. The Morgan fingerprint density at radius 3 is 2.24 bits per heavy atom. The standard InChI is InChI=1S/C20H37NO4/c1-3-5-6-7-8-9-10-13-16-25-19(23)20(21)15-12-11-14-17(20)18(22)24-4-2/h17H,3-16,21H2,1-2H3. The van der Waals surface area contributed by atoms with E-state index in [9.17, 15) is 9.59 Å². The van der Waals surface area contributed by atoms with Crippen LogP contribution in [0.4, 0.5) is 0 Å². The number of nitrogens with two attached hydrogens (primary N) is 1. The zero-order valence-electron chi connectivity index (χ0n) is 16.2. The Hall–Kier alpha value is -1.10. The van der Waals surface area contributed by atoms with E-state index in [-0.39, 0.29) is 5.97 Å². The highest BCUT2D eigenvalue weighted by atomic mass is 16.5. The van der Waals surface area contributed by atoms with Crippen molar-refractivity contribution < 1.29 is 19.1 Å². The van der Waals surface area contributed by atoms with Crippen molar-refractivity contribution >= 4 is 11.9 Å². The molecule has 2 N–H and O–H groups in total. The molecule has 0 aromatic carbocycles. The Bertz CT molecular complexity index is 399. The second kappa shape index (κ2) is 12.3. The Morgan fingerprint density at radius 1 is 0.960 bits per heavy atom. The Kier molecular flexibility index (Phi) is 10.8. The van der Waals surface area contributed by atoms with E-state index in [1.54, 1.807) is 6.92 Å². The molecule has 5 nitrogen and oxygen atoms in total. The van der Waals surface area contributed by atoms with E-state index in [1.807, 2.05) is 0 Å². The summed E-state index contributed by atoms with van der Waals surface area (Å²) in [4.78, 5) is 24.6. The maximum absolute atomic E-state index is 12.5. The van der Waals surface area contributed by atoms with Gasteiger partial charge in [-0.05, 0) is 26.2 Å². The van der Waals surface area contributed by atoms with Gasteiger partial charge in [-0.25, -0.2) is 0 Å². The summed E-state index contributed by atoms with van der Waals surface area (Å²) in [5.74, 6) is -1.38. The van der Waals surface area contributed by atoms with Gasteiger partial charge < -0.3 is 15.2 Å². The predicted octanol–water partition coefficient (Wildman–Crippen LogP) is 4.12. The SMILES string of the molecule is CCCCCCCCCCOC(=O)C1(N)CCCCC1C(=O)OCC. The summed E-state index contributed by atoms with van der Waals surface area (Å²) in [5, 5.41) is 0. The highest BCUT2D eigenvalue weighted by Crippen LogP contribution is 2.34. The van der Waals surface area contributed by atoms with Gasteiger partial charge in [-0.2, -0.15) is 0 Å². The first-order chi connectivity index (χ1) is 12.1. The Balaban J connectivity index is 2.30. The van der Waals surface area contributed by atoms with Crippen LogP contribution in [0.15, 0.2) is 0 Å². The van der Waals surface area contributed by atoms with Crippen molar-refractivity contribution in [2.24, 2.45) is 11.7 Å². The van der Waals surface area contributed by atoms with Crippen molar-refractivity contribution in [3.05, 3.63) is 0 Å². The molecule has 146 valence electrons. The molecule has 1 saturated carbocycles. The van der Waals surface area contributed by atoms with Crippen LogP contribution in [0.25, 0.3) is 0 Å². The van der Waals surface area contributed by atoms with Gasteiger partial charge in [0.1, 0.15) is 5.54 Å². The zero-order chi connectivity index (χ0) is 18.5. The molecular weight excluding hydrogens is 318 g/mol. The predicted molar refractivity (Wildman–Crippen MR) is 99.1 cm³/mol. The van der Waals surface area contributed by atoms with E-state index >= 15 is 0 Å². The second-order valence-electron chi connectivity index (χ2n) is 7.20. The van der Waals surface area contributed by atoms with Gasteiger partial charge in [-0.15, -0.1) is 0 Å². The smallest absolute Gasteiger partial charge is 0.327 e. The molecule has 0 aliphatic heterocycles. The number of rotatable bonds is 12. The number of unbranched alkanes of at least 4 members (excludes halogenated alkanes) is 7. The topological polar surface area (TPSA) is 78.6 Å². The molecule has 0 heterocycles. The first kappa shape index (κ1) is 21.9. The fourth-order valence-electron chi connectivity index (χ4n) is 3.55. The van der Waals surface area contributed by atoms with Crippen LogP contribution in [0, 0.1) is 5.92 Å². The molecule has 2 unspecified atom stereocenters. The van der Waals surface area contributed by atoms with Crippen LogP contribution in [-0.4, -0.2) is 30.7 Å². The monoisotopic (exact) mass is 355 g/mol. The van der Waals surface area contributed by atoms with Crippen molar-refractivity contribution in [2.75, 3.05) is 13.2 Å². The Labute approximate surface area is 153 Å². The lowest BCUT2D eigenvalue weighted by Crippen LogP contribution is -2.59. The Morgan fingerprint density at radius 2 is 1.60 bits per heavy atom. The molecule has 0 radical (unpaired) electrons. The molecule has 1 aliphatic rings. The fraction of sp³-hybridized carbons (Fsp3) is 0.900. The van der Waals surface area contributed by atoms with Gasteiger partial charge >= 0.3 is 11.9 Å². The number of hydrogen-bond acceptors (Lipinski definition) is 5. The van der Waals surface area contributed by atoms with E-state index in [0.29, 0.717) is 26.1 Å². The van der Waals surface area contributed by atoms with Gasteiger partial charge in [-0.3, -0.25) is 9.59 Å². The van der Waals surface area contributed by atoms with Gasteiger partial charge in [-0.1, -0.05) is 64.7 Å². The maximum Gasteiger partial charge on any atom is 0.327 e. The maximum atomic E-state index is 12.5. The third kappa shape index (κ3) is 7.35. The number of hydrogen-bond donors (Lipinski definition) is 1. The molecular formula is C20H37NO4. The molecule has 0 saturated heterocycles. The van der Waals surface area contributed by atoms with Crippen LogP contribution in [0.3, 0.4) is 0 Å². The molecule has 1 fully saturated rings. The molecule has 1 aliphatic carbocycles. The highest BCUT2D eigenvalue weighted by Gasteiger charge is 2.49. The summed E-state index contributed by atoms with van der Waals surface area (Å²) in [6.45, 7) is 4.68. The fourth-order valence-corrected chi connectivity index (χ4v) is 3.55. The lowest BCUT2D eigenvalue weighted by molar-refractivity contribution is -0.164. The van der Waals surface area contributed by atoms with Crippen molar-refractivity contribution in [1.82, 2.24) is 0 Å². The lowest BCUT2D eigenvalue weighted by atomic mass is 9.73. The zero-order valence-corrected chi connectivity index (χ0v) is 16.2. The number of carbonyl (C=O) groups is 2. The van der Waals surface area contributed by atoms with Crippen molar-refractivity contribution in [1.29, 1.82) is 0 Å². The largest absolute Gasteiger partial charge is 0.466 e. The number of ether oxygens (including phenoxy) is 2. The van der Waals surface area contributed by atoms with Crippen LogP contribution in [-0.2, 0) is 19.1 Å². The summed E-state index contributed by atoms with van der Waals surface area (Å²) in [6.07, 6.45) is 12.4. The van der Waals surface area contributed by atoms with Gasteiger partial charge in [0.2, 0.25) is 0 Å². The first-order valence-electron chi connectivity index (χ1n) is 10.2. The van der Waals surface area contributed by atoms with E-state index in [2.05, 4.69) is 6.92 Å². The highest BCUT2D eigenvalue weighted by molar-refractivity contribution is 5.88. The summed E-state index contributed by atoms with van der Waals surface area (Å²) in [6, 6.07) is 0. The van der Waals surface area contributed by atoms with Crippen molar-refractivity contribution in [3.63, 3.8) is 0 Å². The molecule has 0 aromatic rings. The van der Waals surface area contributed by atoms with E-state index in [1.165, 1.54) is 38.5 Å². The molecule has 2 atom stereocenters. The quantitative estimate of drug-likeness (QED) is 0.421. The van der Waals surface area contributed by atoms with Crippen molar-refractivity contribution in [2.45, 2.75) is 96.4 Å². The van der Waals surface area contributed by atoms with E-state index in [0.717, 1.165) is 25.7 Å². The third-order valence-corrected chi connectivity index (χ3v) is 5.14. The summed E-state index contributed by atoms with van der Waals surface area (Å²) in [7, 11) is 0. The first-order valence-corrected chi connectivity index (χ1v) is 10.2. The lowest BCUT2D eigenvalue weighted by Gasteiger charge is -2.37. The number of carbonyl (C=O) groups excluding carboxylic acids is 2. The molecule has 0 spiro atoms. The minimum absolute atomic E-state index is 0.304. The molecule has 0 amide bonds. The molecule has 25 heavy (non-hydrogen) atoms. The average molecular weight is 356 g/mol. The van der Waals surface area contributed by atoms with Crippen LogP contribution in [0.1, 0.15) is 90.9 Å². The van der Waals surface area contributed by atoms with E-state index in [4.69, 9.17) is 15.2 Å². The normalized spacial score (nSPS) is 23.2. The minimum atomic E-state index is -1.22. The molecule has 1 rings (SSSR count). The van der Waals surface area contributed by atoms with Crippen molar-refractivity contribution in [3.8, 4) is 0 Å². The van der Waals surface area contributed by atoms with Gasteiger partial charge in [0, 0.05) is 0 Å².